The molecule has 6 heteroatoms. The minimum Gasteiger partial charge on any atom is -0.312 e. The second-order valence-electron chi connectivity index (χ2n) is 5.63. The van der Waals surface area contributed by atoms with Crippen LogP contribution in [0.4, 0.5) is 5.69 Å². The number of hydrogen-bond donors (Lipinski definition) is 1. The summed E-state index contributed by atoms with van der Waals surface area (Å²) in [4.78, 5) is 15.5. The molecule has 1 aromatic heterocycles. The number of nitrogens with zero attached hydrogens (tertiary/aromatic N) is 2. The second-order valence-corrected chi connectivity index (χ2v) is 6.80. The maximum Gasteiger partial charge on any atom is 0.278 e. The lowest BCUT2D eigenvalue weighted by Crippen LogP contribution is -2.48. The maximum absolute atomic E-state index is 11.1. The van der Waals surface area contributed by atoms with E-state index in [2.05, 4.69) is 23.2 Å². The summed E-state index contributed by atoms with van der Waals surface area (Å²) < 4.78 is 0. The molecule has 1 aliphatic heterocycles. The summed E-state index contributed by atoms with van der Waals surface area (Å²) in [5.41, 5.74) is 0.879. The summed E-state index contributed by atoms with van der Waals surface area (Å²) in [6.45, 7) is 6.21. The van der Waals surface area contributed by atoms with Crippen molar-refractivity contribution in [3.63, 3.8) is 0 Å². The molecule has 1 aromatic carbocycles. The van der Waals surface area contributed by atoms with E-state index >= 15 is 0 Å². The Hall–Kier alpha value is -1.76. The van der Waals surface area contributed by atoms with Crippen molar-refractivity contribution in [1.29, 1.82) is 0 Å². The number of nitrogens with one attached hydrogen (secondary N) is 1. The van der Waals surface area contributed by atoms with Gasteiger partial charge in [-0.2, -0.15) is 0 Å². The Balaban J connectivity index is 1.78. The number of para-hydroxylation sites is 1. The van der Waals surface area contributed by atoms with Crippen LogP contribution >= 0.6 is 11.3 Å². The SMILES string of the molecule is C[C@H]1CN(Cc2ccc(-c3ccccc3[N+](=O)[O-])s2)CCN1. The van der Waals surface area contributed by atoms with E-state index in [4.69, 9.17) is 0 Å². The molecule has 0 saturated carbocycles. The zero-order valence-corrected chi connectivity index (χ0v) is 13.3. The molecule has 0 spiro atoms. The predicted octanol–water partition coefficient (Wildman–Crippen LogP) is 3.12. The smallest absolute Gasteiger partial charge is 0.278 e. The third-order valence-electron chi connectivity index (χ3n) is 3.86. The van der Waals surface area contributed by atoms with E-state index in [1.54, 1.807) is 23.5 Å². The number of hydrogen-bond acceptors (Lipinski definition) is 5. The molecule has 2 aromatic rings. The molecule has 0 unspecified atom stereocenters. The average Bonchev–Trinajstić information content (AvgIpc) is 2.95. The molecule has 1 N–H and O–H groups in total. The van der Waals surface area contributed by atoms with Gasteiger partial charge in [-0.05, 0) is 25.1 Å². The predicted molar refractivity (Wildman–Crippen MR) is 89.2 cm³/mol. The standard InChI is InChI=1S/C16H19N3O2S/c1-12-10-18(9-8-17-12)11-13-6-7-16(22-13)14-4-2-3-5-15(14)19(20)21/h2-7,12,17H,8-11H2,1H3/t12-/m0/s1. The topological polar surface area (TPSA) is 58.4 Å². The van der Waals surface area contributed by atoms with Gasteiger partial charge in [0.2, 0.25) is 0 Å². The van der Waals surface area contributed by atoms with Crippen molar-refractivity contribution < 1.29 is 4.92 Å². The van der Waals surface area contributed by atoms with Gasteiger partial charge < -0.3 is 5.32 Å². The largest absolute Gasteiger partial charge is 0.312 e. The average molecular weight is 317 g/mol. The molecule has 22 heavy (non-hydrogen) atoms. The molecule has 3 rings (SSSR count). The minimum absolute atomic E-state index is 0.173. The molecular formula is C16H19N3O2S. The fraction of sp³-hybridized carbons (Fsp3) is 0.375. The van der Waals surface area contributed by atoms with Crippen LogP contribution in [0.5, 0.6) is 0 Å². The van der Waals surface area contributed by atoms with Crippen LogP contribution in [0.3, 0.4) is 0 Å². The number of nitro benzene ring substituents is 1. The van der Waals surface area contributed by atoms with Gasteiger partial charge in [-0.25, -0.2) is 0 Å². The third-order valence-corrected chi connectivity index (χ3v) is 4.96. The Kier molecular flexibility index (Phi) is 4.52. The quantitative estimate of drug-likeness (QED) is 0.695. The Bertz CT molecular complexity index is 671. The number of thiophene rings is 1. The molecule has 1 aliphatic rings. The molecule has 1 saturated heterocycles. The van der Waals surface area contributed by atoms with E-state index in [1.165, 1.54) is 4.88 Å². The zero-order valence-electron chi connectivity index (χ0n) is 12.5. The molecule has 0 bridgehead atoms. The van der Waals surface area contributed by atoms with Gasteiger partial charge in [0.05, 0.1) is 10.5 Å². The Morgan fingerprint density at radius 2 is 2.18 bits per heavy atom. The maximum atomic E-state index is 11.1. The molecule has 5 nitrogen and oxygen atoms in total. The van der Waals surface area contributed by atoms with Crippen molar-refractivity contribution in [2.24, 2.45) is 0 Å². The first-order chi connectivity index (χ1) is 10.6. The Morgan fingerprint density at radius 3 is 2.95 bits per heavy atom. The van der Waals surface area contributed by atoms with E-state index in [0.717, 1.165) is 31.1 Å². The van der Waals surface area contributed by atoms with Crippen LogP contribution in [0.1, 0.15) is 11.8 Å². The second kappa shape index (κ2) is 6.56. The summed E-state index contributed by atoms with van der Waals surface area (Å²) in [5.74, 6) is 0. The van der Waals surface area contributed by atoms with Crippen molar-refractivity contribution in [3.8, 4) is 10.4 Å². The molecule has 0 radical (unpaired) electrons. The highest BCUT2D eigenvalue weighted by Crippen LogP contribution is 2.35. The van der Waals surface area contributed by atoms with E-state index in [1.807, 2.05) is 18.2 Å². The summed E-state index contributed by atoms with van der Waals surface area (Å²) in [6.07, 6.45) is 0. The summed E-state index contributed by atoms with van der Waals surface area (Å²) in [6, 6.07) is 11.5. The normalized spacial score (nSPS) is 19.2. The van der Waals surface area contributed by atoms with Gasteiger partial charge in [-0.1, -0.05) is 12.1 Å². The van der Waals surface area contributed by atoms with Crippen molar-refractivity contribution >= 4 is 17.0 Å². The molecule has 1 fully saturated rings. The summed E-state index contributed by atoms with van der Waals surface area (Å²) in [5, 5.41) is 14.6. The first-order valence-corrected chi connectivity index (χ1v) is 8.23. The van der Waals surface area contributed by atoms with E-state index < -0.39 is 0 Å². The van der Waals surface area contributed by atoms with E-state index in [9.17, 15) is 10.1 Å². The fourth-order valence-electron chi connectivity index (χ4n) is 2.83. The van der Waals surface area contributed by atoms with Crippen LogP contribution < -0.4 is 5.32 Å². The fourth-order valence-corrected chi connectivity index (χ4v) is 3.91. The van der Waals surface area contributed by atoms with Crippen LogP contribution in [0, 0.1) is 10.1 Å². The number of nitro groups is 1. The molecule has 2 heterocycles. The van der Waals surface area contributed by atoms with Gasteiger partial charge in [0, 0.05) is 48.0 Å². The highest BCUT2D eigenvalue weighted by atomic mass is 32.1. The highest BCUT2D eigenvalue weighted by molar-refractivity contribution is 7.15. The lowest BCUT2D eigenvalue weighted by Gasteiger charge is -2.31. The first kappa shape index (κ1) is 15.1. The third kappa shape index (κ3) is 3.35. The van der Waals surface area contributed by atoms with Gasteiger partial charge in [0.15, 0.2) is 0 Å². The monoisotopic (exact) mass is 317 g/mol. The molecule has 0 aliphatic carbocycles. The van der Waals surface area contributed by atoms with Gasteiger partial charge >= 0.3 is 0 Å². The lowest BCUT2D eigenvalue weighted by molar-refractivity contribution is -0.384. The van der Waals surface area contributed by atoms with Gasteiger partial charge in [-0.3, -0.25) is 15.0 Å². The van der Waals surface area contributed by atoms with Crippen LogP contribution in [-0.2, 0) is 6.54 Å². The zero-order chi connectivity index (χ0) is 15.5. The summed E-state index contributed by atoms with van der Waals surface area (Å²) in [7, 11) is 0. The number of rotatable bonds is 4. The van der Waals surface area contributed by atoms with Crippen LogP contribution in [0.15, 0.2) is 36.4 Å². The van der Waals surface area contributed by atoms with Gasteiger partial charge in [0.25, 0.3) is 5.69 Å². The Morgan fingerprint density at radius 1 is 1.36 bits per heavy atom. The van der Waals surface area contributed by atoms with Crippen molar-refractivity contribution in [2.75, 3.05) is 19.6 Å². The molecule has 116 valence electrons. The van der Waals surface area contributed by atoms with E-state index in [0.29, 0.717) is 11.6 Å². The van der Waals surface area contributed by atoms with Gasteiger partial charge in [0.1, 0.15) is 0 Å². The molecule has 0 amide bonds. The number of benzene rings is 1. The van der Waals surface area contributed by atoms with Gasteiger partial charge in [-0.15, -0.1) is 11.3 Å². The molecular weight excluding hydrogens is 298 g/mol. The van der Waals surface area contributed by atoms with Crippen molar-refractivity contribution in [3.05, 3.63) is 51.4 Å². The van der Waals surface area contributed by atoms with Crippen molar-refractivity contribution in [2.45, 2.75) is 19.5 Å². The highest BCUT2D eigenvalue weighted by Gasteiger charge is 2.18. The van der Waals surface area contributed by atoms with Crippen LogP contribution in [0.25, 0.3) is 10.4 Å². The van der Waals surface area contributed by atoms with Crippen LogP contribution in [0.2, 0.25) is 0 Å². The van der Waals surface area contributed by atoms with Crippen LogP contribution in [-0.4, -0.2) is 35.5 Å². The summed E-state index contributed by atoms with van der Waals surface area (Å²) >= 11 is 1.65. The van der Waals surface area contributed by atoms with E-state index in [-0.39, 0.29) is 10.6 Å². The Labute approximate surface area is 133 Å². The first-order valence-electron chi connectivity index (χ1n) is 7.42. The lowest BCUT2D eigenvalue weighted by atomic mass is 10.1. The van der Waals surface area contributed by atoms with Crippen molar-refractivity contribution in [1.82, 2.24) is 10.2 Å². The number of piperazine rings is 1. The minimum atomic E-state index is -0.313. The molecule has 1 atom stereocenters.